The van der Waals surface area contributed by atoms with Crippen LogP contribution < -0.4 is 5.32 Å². The number of rotatable bonds is 4. The molecular weight excluding hydrogens is 270 g/mol. The van der Waals surface area contributed by atoms with Crippen LogP contribution >= 0.6 is 0 Å². The van der Waals surface area contributed by atoms with Crippen molar-refractivity contribution in [2.45, 2.75) is 33.3 Å². The Labute approximate surface area is 124 Å². The van der Waals surface area contributed by atoms with Gasteiger partial charge in [0.25, 0.3) is 0 Å². The van der Waals surface area contributed by atoms with Gasteiger partial charge in [0, 0.05) is 6.54 Å². The summed E-state index contributed by atoms with van der Waals surface area (Å²) in [5, 5.41) is 11.8. The van der Waals surface area contributed by atoms with Gasteiger partial charge in [-0.2, -0.15) is 0 Å². The van der Waals surface area contributed by atoms with Crippen molar-refractivity contribution in [3.63, 3.8) is 0 Å². The molecule has 5 nitrogen and oxygen atoms in total. The van der Waals surface area contributed by atoms with Crippen LogP contribution in [-0.4, -0.2) is 29.3 Å². The Kier molecular flexibility index (Phi) is 5.52. The van der Waals surface area contributed by atoms with E-state index in [4.69, 9.17) is 4.74 Å². The number of hydrogen-bond acceptors (Lipinski definition) is 3. The number of aromatic carboxylic acids is 1. The molecule has 1 aromatic carbocycles. The minimum atomic E-state index is -0.965. The highest BCUT2D eigenvalue weighted by molar-refractivity contribution is 5.93. The molecule has 0 bridgehead atoms. The maximum Gasteiger partial charge on any atom is 0.407 e. The van der Waals surface area contributed by atoms with E-state index in [1.54, 1.807) is 58.0 Å². The number of benzene rings is 1. The van der Waals surface area contributed by atoms with Crippen molar-refractivity contribution in [2.75, 3.05) is 6.54 Å². The van der Waals surface area contributed by atoms with Crippen LogP contribution in [0.3, 0.4) is 0 Å². The minimum absolute atomic E-state index is 0.266. The Morgan fingerprint density at radius 3 is 2.57 bits per heavy atom. The zero-order chi connectivity index (χ0) is 16.0. The number of nitrogens with one attached hydrogen (secondary N) is 1. The molecule has 1 rings (SSSR count). The molecule has 0 saturated carbocycles. The smallest absolute Gasteiger partial charge is 0.407 e. The van der Waals surface area contributed by atoms with Crippen LogP contribution in [0.5, 0.6) is 0 Å². The fourth-order valence-electron chi connectivity index (χ4n) is 1.76. The second kappa shape index (κ2) is 6.92. The average molecular weight is 291 g/mol. The minimum Gasteiger partial charge on any atom is -0.478 e. The van der Waals surface area contributed by atoms with Crippen LogP contribution in [0.15, 0.2) is 24.3 Å². The Bertz CT molecular complexity index is 556. The van der Waals surface area contributed by atoms with Gasteiger partial charge < -0.3 is 15.2 Å². The summed E-state index contributed by atoms with van der Waals surface area (Å²) < 4.78 is 5.09. The normalized spacial score (nSPS) is 11.4. The Balaban J connectivity index is 2.65. The van der Waals surface area contributed by atoms with Gasteiger partial charge in [0.15, 0.2) is 0 Å². The topological polar surface area (TPSA) is 75.6 Å². The average Bonchev–Trinajstić information content (AvgIpc) is 2.32. The van der Waals surface area contributed by atoms with E-state index in [2.05, 4.69) is 5.32 Å². The summed E-state index contributed by atoms with van der Waals surface area (Å²) in [5.74, 6) is -0.965. The molecule has 0 fully saturated rings. The zero-order valence-electron chi connectivity index (χ0n) is 12.8. The Morgan fingerprint density at radius 1 is 1.33 bits per heavy atom. The molecule has 0 spiro atoms. The predicted octanol–water partition coefficient (Wildman–Crippen LogP) is 3.23. The first-order valence-electron chi connectivity index (χ1n) is 6.67. The summed E-state index contributed by atoms with van der Waals surface area (Å²) in [7, 11) is 0. The highest BCUT2D eigenvalue weighted by Gasteiger charge is 2.15. The first kappa shape index (κ1) is 16.8. The van der Waals surface area contributed by atoms with E-state index >= 15 is 0 Å². The number of carbonyl (C=O) groups is 2. The summed E-state index contributed by atoms with van der Waals surface area (Å²) in [6.07, 6.45) is 2.86. The van der Waals surface area contributed by atoms with Crippen LogP contribution in [0.25, 0.3) is 6.08 Å². The lowest BCUT2D eigenvalue weighted by Gasteiger charge is -2.19. The summed E-state index contributed by atoms with van der Waals surface area (Å²) in [6.45, 7) is 7.37. The summed E-state index contributed by atoms with van der Waals surface area (Å²) in [6, 6.07) is 5.27. The summed E-state index contributed by atoms with van der Waals surface area (Å²) >= 11 is 0. The lowest BCUT2D eigenvalue weighted by molar-refractivity contribution is 0.0533. The number of carboxylic acids is 1. The molecule has 0 heterocycles. The third-order valence-electron chi connectivity index (χ3n) is 2.58. The Hall–Kier alpha value is -2.30. The number of hydrogen-bond donors (Lipinski definition) is 2. The van der Waals surface area contributed by atoms with E-state index in [0.717, 1.165) is 0 Å². The third-order valence-corrected chi connectivity index (χ3v) is 2.58. The van der Waals surface area contributed by atoms with E-state index in [9.17, 15) is 14.7 Å². The Morgan fingerprint density at radius 2 is 2.00 bits per heavy atom. The quantitative estimate of drug-likeness (QED) is 0.893. The van der Waals surface area contributed by atoms with Crippen molar-refractivity contribution in [1.29, 1.82) is 0 Å². The molecule has 114 valence electrons. The number of amides is 1. The molecule has 0 aliphatic carbocycles. The lowest BCUT2D eigenvalue weighted by atomic mass is 10.0. The van der Waals surface area contributed by atoms with Gasteiger partial charge in [0.2, 0.25) is 0 Å². The van der Waals surface area contributed by atoms with Crippen molar-refractivity contribution in [2.24, 2.45) is 0 Å². The molecule has 0 aliphatic rings. The fourth-order valence-corrected chi connectivity index (χ4v) is 1.76. The van der Waals surface area contributed by atoms with Crippen LogP contribution in [-0.2, 0) is 4.74 Å². The predicted molar refractivity (Wildman–Crippen MR) is 81.4 cm³/mol. The van der Waals surface area contributed by atoms with E-state index in [1.165, 1.54) is 0 Å². The van der Waals surface area contributed by atoms with Crippen LogP contribution in [0, 0.1) is 6.92 Å². The number of carboxylic acid groups (broad SMARTS) is 1. The third kappa shape index (κ3) is 5.69. The van der Waals surface area contributed by atoms with E-state index in [0.29, 0.717) is 11.1 Å². The van der Waals surface area contributed by atoms with Crippen LogP contribution in [0.1, 0.15) is 42.3 Å². The molecule has 2 N–H and O–H groups in total. The molecule has 5 heteroatoms. The van der Waals surface area contributed by atoms with E-state index in [-0.39, 0.29) is 12.1 Å². The molecule has 1 amide bonds. The van der Waals surface area contributed by atoms with Gasteiger partial charge in [-0.25, -0.2) is 9.59 Å². The van der Waals surface area contributed by atoms with Gasteiger partial charge in [-0.15, -0.1) is 0 Å². The highest BCUT2D eigenvalue weighted by atomic mass is 16.6. The van der Waals surface area contributed by atoms with Crippen molar-refractivity contribution < 1.29 is 19.4 Å². The van der Waals surface area contributed by atoms with Crippen LogP contribution in [0.2, 0.25) is 0 Å². The largest absolute Gasteiger partial charge is 0.478 e. The molecule has 0 radical (unpaired) electrons. The second-order valence-electron chi connectivity index (χ2n) is 5.63. The molecule has 0 aliphatic heterocycles. The van der Waals surface area contributed by atoms with Gasteiger partial charge in [-0.1, -0.05) is 30.4 Å². The fraction of sp³-hybridized carbons (Fsp3) is 0.375. The van der Waals surface area contributed by atoms with Gasteiger partial charge in [0.1, 0.15) is 5.60 Å². The van der Waals surface area contributed by atoms with Gasteiger partial charge in [-0.3, -0.25) is 0 Å². The first-order valence-corrected chi connectivity index (χ1v) is 6.67. The van der Waals surface area contributed by atoms with Crippen molar-refractivity contribution in [3.05, 3.63) is 41.0 Å². The molecule has 0 unspecified atom stereocenters. The highest BCUT2D eigenvalue weighted by Crippen LogP contribution is 2.15. The number of ether oxygens (including phenoxy) is 1. The zero-order valence-corrected chi connectivity index (χ0v) is 12.8. The number of aryl methyl sites for hydroxylation is 1. The first-order chi connectivity index (χ1) is 9.70. The number of alkyl carbamates (subject to hydrolysis) is 1. The molecule has 0 saturated heterocycles. The lowest BCUT2D eigenvalue weighted by Crippen LogP contribution is -2.32. The molecule has 0 aromatic heterocycles. The SMILES string of the molecule is Cc1cccc(C=CCNC(=O)OC(C)(C)C)c1C(=O)O. The van der Waals surface area contributed by atoms with Gasteiger partial charge in [-0.05, 0) is 38.8 Å². The van der Waals surface area contributed by atoms with Gasteiger partial charge >= 0.3 is 12.1 Å². The van der Waals surface area contributed by atoms with E-state index in [1.807, 2.05) is 0 Å². The summed E-state index contributed by atoms with van der Waals surface area (Å²) in [4.78, 5) is 22.7. The maximum absolute atomic E-state index is 11.4. The molecular formula is C16H21NO4. The molecule has 21 heavy (non-hydrogen) atoms. The second-order valence-corrected chi connectivity index (χ2v) is 5.63. The molecule has 0 atom stereocenters. The van der Waals surface area contributed by atoms with Crippen LogP contribution in [0.4, 0.5) is 4.79 Å². The standard InChI is InChI=1S/C16H21NO4/c1-11-7-5-8-12(13(11)14(18)19)9-6-10-17-15(20)21-16(2,3)4/h5-9H,10H2,1-4H3,(H,17,20)(H,18,19). The number of carbonyl (C=O) groups excluding carboxylic acids is 1. The van der Waals surface area contributed by atoms with Crippen molar-refractivity contribution in [1.82, 2.24) is 5.32 Å². The van der Waals surface area contributed by atoms with Gasteiger partial charge in [0.05, 0.1) is 5.56 Å². The van der Waals surface area contributed by atoms with Crippen molar-refractivity contribution in [3.8, 4) is 0 Å². The summed E-state index contributed by atoms with van der Waals surface area (Å²) in [5.41, 5.74) is 1.03. The van der Waals surface area contributed by atoms with E-state index < -0.39 is 17.7 Å². The molecule has 1 aromatic rings. The maximum atomic E-state index is 11.4. The van der Waals surface area contributed by atoms with Crippen molar-refractivity contribution >= 4 is 18.1 Å². The monoisotopic (exact) mass is 291 g/mol.